The molecule has 1 saturated heterocycles. The van der Waals surface area contributed by atoms with E-state index >= 15 is 0 Å². The molecule has 1 aliphatic rings. The number of rotatable bonds is 5. The molecule has 0 atom stereocenters. The number of hydrogen-bond acceptors (Lipinski definition) is 5. The Morgan fingerprint density at radius 2 is 2.24 bits per heavy atom. The second-order valence-corrected chi connectivity index (χ2v) is 5.24. The van der Waals surface area contributed by atoms with E-state index in [-0.39, 0.29) is 12.6 Å². The molecule has 0 radical (unpaired) electrons. The highest BCUT2D eigenvalue weighted by Gasteiger charge is 2.42. The maximum Gasteiger partial charge on any atom is 0.329 e. The minimum Gasteiger partial charge on any atom is -0.480 e. The number of aromatic nitrogens is 2. The normalized spacial score (nSPS) is 16.2. The van der Waals surface area contributed by atoms with Gasteiger partial charge in [0.05, 0.1) is 25.3 Å². The lowest BCUT2D eigenvalue weighted by molar-refractivity contribution is -0.159. The van der Waals surface area contributed by atoms with E-state index in [9.17, 15) is 9.59 Å². The van der Waals surface area contributed by atoms with Crippen molar-refractivity contribution in [3.8, 4) is 0 Å². The molecular formula is C13H18N4O4. The third-order valence-electron chi connectivity index (χ3n) is 3.14. The van der Waals surface area contributed by atoms with Gasteiger partial charge in [-0.25, -0.2) is 19.6 Å². The third-order valence-corrected chi connectivity index (χ3v) is 3.14. The second kappa shape index (κ2) is 6.04. The van der Waals surface area contributed by atoms with Crippen molar-refractivity contribution in [1.29, 1.82) is 0 Å². The van der Waals surface area contributed by atoms with Crippen LogP contribution in [0.25, 0.3) is 0 Å². The molecule has 0 aliphatic carbocycles. The Labute approximate surface area is 122 Å². The fourth-order valence-corrected chi connectivity index (χ4v) is 2.11. The summed E-state index contributed by atoms with van der Waals surface area (Å²) in [4.78, 5) is 32.1. The third kappa shape index (κ3) is 4.12. The quantitative estimate of drug-likeness (QED) is 0.802. The van der Waals surface area contributed by atoms with Crippen molar-refractivity contribution < 1.29 is 19.4 Å². The Hall–Kier alpha value is -2.22. The van der Waals surface area contributed by atoms with Crippen molar-refractivity contribution in [3.63, 3.8) is 0 Å². The van der Waals surface area contributed by atoms with Crippen LogP contribution in [0.3, 0.4) is 0 Å². The lowest BCUT2D eigenvalue weighted by atomic mass is 9.97. The van der Waals surface area contributed by atoms with Gasteiger partial charge in [0.1, 0.15) is 18.0 Å². The van der Waals surface area contributed by atoms with Crippen LogP contribution in [0.15, 0.2) is 12.3 Å². The molecule has 0 bridgehead atoms. The largest absolute Gasteiger partial charge is 0.480 e. The van der Waals surface area contributed by atoms with E-state index < -0.39 is 11.6 Å². The highest BCUT2D eigenvalue weighted by Crippen LogP contribution is 2.24. The summed E-state index contributed by atoms with van der Waals surface area (Å²) in [5.74, 6) is -0.362. The van der Waals surface area contributed by atoms with Gasteiger partial charge >= 0.3 is 12.0 Å². The van der Waals surface area contributed by atoms with Crippen LogP contribution in [0.4, 0.5) is 4.79 Å². The predicted octanol–water partition coefficient (Wildman–Crippen LogP) is 0.170. The van der Waals surface area contributed by atoms with Crippen molar-refractivity contribution in [2.45, 2.75) is 26.0 Å². The maximum absolute atomic E-state index is 11.9. The average molecular weight is 294 g/mol. The zero-order chi connectivity index (χ0) is 15.5. The minimum atomic E-state index is -1.02. The van der Waals surface area contributed by atoms with Gasteiger partial charge in [0.2, 0.25) is 0 Å². The van der Waals surface area contributed by atoms with Crippen molar-refractivity contribution in [2.24, 2.45) is 0 Å². The number of aliphatic carboxylic acids is 1. The lowest BCUT2D eigenvalue weighted by Crippen LogP contribution is -2.65. The number of amides is 2. The first-order valence-corrected chi connectivity index (χ1v) is 6.55. The van der Waals surface area contributed by atoms with Crippen LogP contribution in [0.5, 0.6) is 0 Å². The number of carboxylic acid groups (broad SMARTS) is 1. The summed E-state index contributed by atoms with van der Waals surface area (Å²) >= 11 is 0. The molecule has 0 spiro atoms. The van der Waals surface area contributed by atoms with Crippen LogP contribution >= 0.6 is 0 Å². The van der Waals surface area contributed by atoms with Gasteiger partial charge in [-0.3, -0.25) is 0 Å². The zero-order valence-electron chi connectivity index (χ0n) is 12.0. The highest BCUT2D eigenvalue weighted by atomic mass is 16.5. The van der Waals surface area contributed by atoms with E-state index in [0.29, 0.717) is 25.5 Å². The highest BCUT2D eigenvalue weighted by molar-refractivity contribution is 5.75. The van der Waals surface area contributed by atoms with E-state index in [1.165, 1.54) is 0 Å². The summed E-state index contributed by atoms with van der Waals surface area (Å²) in [6.07, 6.45) is 1.64. The van der Waals surface area contributed by atoms with Crippen molar-refractivity contribution in [2.75, 3.05) is 19.7 Å². The fourth-order valence-electron chi connectivity index (χ4n) is 2.11. The first-order chi connectivity index (χ1) is 9.88. The molecule has 0 unspecified atom stereocenters. The summed E-state index contributed by atoms with van der Waals surface area (Å²) in [6.45, 7) is 4.28. The van der Waals surface area contributed by atoms with Gasteiger partial charge in [-0.1, -0.05) is 0 Å². The van der Waals surface area contributed by atoms with Crippen LogP contribution in [0.1, 0.15) is 18.4 Å². The standard InChI is InChI=1S/C13H18N4O4/c1-9-14-4-3-10(16-9)5-15-12(20)17-7-13(2,8-17)21-6-11(18)19/h3-4H,5-8H2,1-2H3,(H,15,20)(H,18,19). The first kappa shape index (κ1) is 15.2. The van der Waals surface area contributed by atoms with Gasteiger partial charge in [0.25, 0.3) is 0 Å². The van der Waals surface area contributed by atoms with Gasteiger partial charge in [-0.05, 0) is 19.9 Å². The number of urea groups is 1. The topological polar surface area (TPSA) is 105 Å². The van der Waals surface area contributed by atoms with E-state index in [2.05, 4.69) is 15.3 Å². The molecule has 2 rings (SSSR count). The number of carboxylic acids is 1. The molecule has 0 aromatic carbocycles. The molecule has 1 fully saturated rings. The van der Waals surface area contributed by atoms with Gasteiger partial charge in [0, 0.05) is 6.20 Å². The summed E-state index contributed by atoms with van der Waals surface area (Å²) in [7, 11) is 0. The Morgan fingerprint density at radius 1 is 1.52 bits per heavy atom. The monoisotopic (exact) mass is 294 g/mol. The van der Waals surface area contributed by atoms with Crippen molar-refractivity contribution in [1.82, 2.24) is 20.2 Å². The van der Waals surface area contributed by atoms with E-state index in [1.54, 1.807) is 31.0 Å². The fraction of sp³-hybridized carbons (Fsp3) is 0.538. The van der Waals surface area contributed by atoms with Gasteiger partial charge < -0.3 is 20.1 Å². The van der Waals surface area contributed by atoms with Crippen LogP contribution in [0.2, 0.25) is 0 Å². The number of carbonyl (C=O) groups is 2. The molecular weight excluding hydrogens is 276 g/mol. The van der Waals surface area contributed by atoms with Gasteiger partial charge in [-0.15, -0.1) is 0 Å². The molecule has 0 saturated carbocycles. The molecule has 21 heavy (non-hydrogen) atoms. The number of nitrogens with one attached hydrogen (secondary N) is 1. The molecule has 114 valence electrons. The maximum atomic E-state index is 11.9. The smallest absolute Gasteiger partial charge is 0.329 e. The van der Waals surface area contributed by atoms with Crippen LogP contribution in [-0.4, -0.2) is 57.3 Å². The minimum absolute atomic E-state index is 0.220. The summed E-state index contributed by atoms with van der Waals surface area (Å²) < 4.78 is 5.24. The Balaban J connectivity index is 1.75. The Bertz CT molecular complexity index is 543. The SMILES string of the molecule is Cc1nccc(CNC(=O)N2CC(C)(OCC(=O)O)C2)n1. The van der Waals surface area contributed by atoms with Crippen LogP contribution in [-0.2, 0) is 16.1 Å². The molecule has 1 aromatic heterocycles. The van der Waals surface area contributed by atoms with Gasteiger partial charge in [-0.2, -0.15) is 0 Å². The van der Waals surface area contributed by atoms with E-state index in [0.717, 1.165) is 5.69 Å². The van der Waals surface area contributed by atoms with E-state index in [1.807, 2.05) is 0 Å². The van der Waals surface area contributed by atoms with Crippen LogP contribution < -0.4 is 5.32 Å². The Kier molecular flexibility index (Phi) is 4.37. The molecule has 1 aromatic rings. The molecule has 2 N–H and O–H groups in total. The second-order valence-electron chi connectivity index (χ2n) is 5.24. The van der Waals surface area contributed by atoms with E-state index in [4.69, 9.17) is 9.84 Å². The number of carbonyl (C=O) groups excluding carboxylic acids is 1. The zero-order valence-corrected chi connectivity index (χ0v) is 12.0. The van der Waals surface area contributed by atoms with Crippen molar-refractivity contribution in [3.05, 3.63) is 23.8 Å². The average Bonchev–Trinajstić information content (AvgIpc) is 2.39. The lowest BCUT2D eigenvalue weighted by Gasteiger charge is -2.46. The number of nitrogens with zero attached hydrogens (tertiary/aromatic N) is 3. The molecule has 8 heteroatoms. The van der Waals surface area contributed by atoms with Crippen LogP contribution in [0, 0.1) is 6.92 Å². The number of likely N-dealkylation sites (tertiary alicyclic amines) is 1. The predicted molar refractivity (Wildman–Crippen MR) is 72.6 cm³/mol. The number of aryl methyl sites for hydroxylation is 1. The molecule has 1 aliphatic heterocycles. The molecule has 2 amide bonds. The first-order valence-electron chi connectivity index (χ1n) is 6.55. The van der Waals surface area contributed by atoms with Gasteiger partial charge in [0.15, 0.2) is 0 Å². The Morgan fingerprint density at radius 3 is 2.86 bits per heavy atom. The summed E-state index contributed by atoms with van der Waals surface area (Å²) in [6, 6.07) is 1.52. The molecule has 2 heterocycles. The summed E-state index contributed by atoms with van der Waals surface area (Å²) in [5, 5.41) is 11.3. The number of ether oxygens (including phenoxy) is 1. The van der Waals surface area contributed by atoms with Crippen molar-refractivity contribution >= 4 is 12.0 Å². The summed E-state index contributed by atoms with van der Waals surface area (Å²) in [5.41, 5.74) is 0.155. The molecule has 8 nitrogen and oxygen atoms in total. The number of hydrogen-bond donors (Lipinski definition) is 2.